The Balaban J connectivity index is 1.73. The van der Waals surface area contributed by atoms with Crippen molar-refractivity contribution in [2.75, 3.05) is 19.8 Å². The topological polar surface area (TPSA) is 35.5 Å². The van der Waals surface area contributed by atoms with Gasteiger partial charge in [0.1, 0.15) is 11.5 Å². The second kappa shape index (κ2) is 5.82. The van der Waals surface area contributed by atoms with Crippen molar-refractivity contribution in [2.45, 2.75) is 19.8 Å². The summed E-state index contributed by atoms with van der Waals surface area (Å²) in [5.74, 6) is 1.19. The number of benzene rings is 1. The molecule has 0 spiro atoms. The molecular formula is C14H18O3. The van der Waals surface area contributed by atoms with E-state index in [-0.39, 0.29) is 11.7 Å². The predicted octanol–water partition coefficient (Wildman–Crippen LogP) is 2.37. The van der Waals surface area contributed by atoms with Crippen LogP contribution in [0.2, 0.25) is 0 Å². The lowest BCUT2D eigenvalue weighted by atomic mass is 10.0. The summed E-state index contributed by atoms with van der Waals surface area (Å²) in [6, 6.07) is 7.87. The van der Waals surface area contributed by atoms with E-state index in [0.29, 0.717) is 19.6 Å². The lowest BCUT2D eigenvalue weighted by molar-refractivity contribution is -0.123. The fraction of sp³-hybridized carbons (Fsp3) is 0.500. The van der Waals surface area contributed by atoms with E-state index in [9.17, 15) is 4.79 Å². The molecule has 0 amide bonds. The van der Waals surface area contributed by atoms with Crippen LogP contribution in [0.5, 0.6) is 5.75 Å². The molecule has 1 unspecified atom stereocenters. The number of ether oxygens (including phenoxy) is 2. The summed E-state index contributed by atoms with van der Waals surface area (Å²) in [5, 5.41) is 0. The third-order valence-corrected chi connectivity index (χ3v) is 2.99. The van der Waals surface area contributed by atoms with Gasteiger partial charge < -0.3 is 9.47 Å². The van der Waals surface area contributed by atoms with Crippen LogP contribution >= 0.6 is 0 Å². The molecule has 1 saturated heterocycles. The van der Waals surface area contributed by atoms with E-state index in [2.05, 4.69) is 0 Å². The summed E-state index contributed by atoms with van der Waals surface area (Å²) in [7, 11) is 0. The van der Waals surface area contributed by atoms with Crippen molar-refractivity contribution in [1.29, 1.82) is 0 Å². The zero-order chi connectivity index (χ0) is 12.1. The van der Waals surface area contributed by atoms with Crippen molar-refractivity contribution in [1.82, 2.24) is 0 Å². The first-order valence-electron chi connectivity index (χ1n) is 6.05. The first-order chi connectivity index (χ1) is 8.25. The van der Waals surface area contributed by atoms with Gasteiger partial charge in [0.05, 0.1) is 13.2 Å². The van der Waals surface area contributed by atoms with Crippen LogP contribution in [0.1, 0.15) is 18.4 Å². The molecular weight excluding hydrogens is 216 g/mol. The van der Waals surface area contributed by atoms with Gasteiger partial charge in [0.15, 0.2) is 0 Å². The second-order valence-electron chi connectivity index (χ2n) is 4.44. The third-order valence-electron chi connectivity index (χ3n) is 2.99. The Morgan fingerprint density at radius 3 is 3.12 bits per heavy atom. The maximum Gasteiger partial charge on any atom is 0.141 e. The highest BCUT2D eigenvalue weighted by atomic mass is 16.5. The number of ketones is 1. The summed E-state index contributed by atoms with van der Waals surface area (Å²) in [6.07, 6.45) is 1.34. The van der Waals surface area contributed by atoms with Crippen LogP contribution in [-0.2, 0) is 9.53 Å². The van der Waals surface area contributed by atoms with Crippen molar-refractivity contribution in [2.24, 2.45) is 5.92 Å². The highest BCUT2D eigenvalue weighted by Gasteiger charge is 2.22. The molecule has 17 heavy (non-hydrogen) atoms. The molecule has 0 saturated carbocycles. The van der Waals surface area contributed by atoms with Gasteiger partial charge in [-0.05, 0) is 31.0 Å². The lowest BCUT2D eigenvalue weighted by Crippen LogP contribution is -2.17. The summed E-state index contributed by atoms with van der Waals surface area (Å²) < 4.78 is 10.8. The maximum atomic E-state index is 11.7. The van der Waals surface area contributed by atoms with E-state index in [1.807, 2.05) is 31.2 Å². The minimum absolute atomic E-state index is 0.0936. The summed E-state index contributed by atoms with van der Waals surface area (Å²) in [5.41, 5.74) is 1.16. The van der Waals surface area contributed by atoms with Gasteiger partial charge in [-0.15, -0.1) is 0 Å². The number of carbonyl (C=O) groups is 1. The summed E-state index contributed by atoms with van der Waals surface area (Å²) >= 11 is 0. The highest BCUT2D eigenvalue weighted by molar-refractivity contribution is 5.81. The smallest absolute Gasteiger partial charge is 0.141 e. The van der Waals surface area contributed by atoms with E-state index in [1.54, 1.807) is 0 Å². The van der Waals surface area contributed by atoms with Gasteiger partial charge in [0, 0.05) is 18.9 Å². The normalized spacial score (nSPS) is 19.2. The maximum absolute atomic E-state index is 11.7. The molecule has 3 heteroatoms. The monoisotopic (exact) mass is 234 g/mol. The molecule has 1 fully saturated rings. The van der Waals surface area contributed by atoms with Gasteiger partial charge in [0.25, 0.3) is 0 Å². The molecule has 0 radical (unpaired) electrons. The summed E-state index contributed by atoms with van der Waals surface area (Å²) in [4.78, 5) is 11.7. The van der Waals surface area contributed by atoms with Gasteiger partial charge in [-0.3, -0.25) is 4.79 Å². The molecule has 2 rings (SSSR count). The summed E-state index contributed by atoms with van der Waals surface area (Å²) in [6.45, 7) is 3.78. The number of rotatable bonds is 5. The van der Waals surface area contributed by atoms with Gasteiger partial charge in [-0.2, -0.15) is 0 Å². The molecule has 92 valence electrons. The Labute approximate surface area is 102 Å². The molecule has 0 aromatic heterocycles. The molecule has 1 aromatic rings. The van der Waals surface area contributed by atoms with Crippen molar-refractivity contribution in [3.8, 4) is 5.75 Å². The van der Waals surface area contributed by atoms with Crippen LogP contribution in [0.3, 0.4) is 0 Å². The molecule has 1 aliphatic heterocycles. The molecule has 1 aromatic carbocycles. The van der Waals surface area contributed by atoms with E-state index in [4.69, 9.17) is 9.47 Å². The quantitative estimate of drug-likeness (QED) is 0.784. The van der Waals surface area contributed by atoms with Gasteiger partial charge in [-0.1, -0.05) is 12.1 Å². The Morgan fingerprint density at radius 2 is 2.41 bits per heavy atom. The van der Waals surface area contributed by atoms with Gasteiger partial charge >= 0.3 is 0 Å². The Bertz CT molecular complexity index is 381. The molecule has 0 aliphatic carbocycles. The number of aryl methyl sites for hydroxylation is 1. The largest absolute Gasteiger partial charge is 0.493 e. The molecule has 1 atom stereocenters. The minimum atomic E-state index is 0.0936. The standard InChI is InChI=1S/C14H18O3/c1-11-3-2-4-13(9-11)17-8-6-14(15)12-5-7-16-10-12/h2-4,9,12H,5-8,10H2,1H3. The average molecular weight is 234 g/mol. The zero-order valence-electron chi connectivity index (χ0n) is 10.1. The van der Waals surface area contributed by atoms with Crippen LogP contribution in [0.25, 0.3) is 0 Å². The van der Waals surface area contributed by atoms with Crippen LogP contribution in [0.4, 0.5) is 0 Å². The number of hydrogen-bond acceptors (Lipinski definition) is 3. The Hall–Kier alpha value is -1.35. The highest BCUT2D eigenvalue weighted by Crippen LogP contribution is 2.16. The van der Waals surface area contributed by atoms with E-state index in [1.165, 1.54) is 0 Å². The first kappa shape index (κ1) is 12.1. The predicted molar refractivity (Wildman–Crippen MR) is 65.2 cm³/mol. The number of Topliss-reactive ketones (excluding diaryl/α,β-unsaturated/α-hetero) is 1. The van der Waals surface area contributed by atoms with E-state index < -0.39 is 0 Å². The van der Waals surface area contributed by atoms with Crippen molar-refractivity contribution < 1.29 is 14.3 Å². The van der Waals surface area contributed by atoms with Crippen LogP contribution in [0, 0.1) is 12.8 Å². The van der Waals surface area contributed by atoms with Crippen LogP contribution in [-0.4, -0.2) is 25.6 Å². The molecule has 0 N–H and O–H groups in total. The molecule has 0 bridgehead atoms. The second-order valence-corrected chi connectivity index (χ2v) is 4.44. The average Bonchev–Trinajstić information content (AvgIpc) is 2.82. The number of hydrogen-bond donors (Lipinski definition) is 0. The number of carbonyl (C=O) groups excluding carboxylic acids is 1. The fourth-order valence-corrected chi connectivity index (χ4v) is 1.97. The van der Waals surface area contributed by atoms with Crippen LogP contribution < -0.4 is 4.74 Å². The molecule has 1 heterocycles. The fourth-order valence-electron chi connectivity index (χ4n) is 1.97. The Kier molecular flexibility index (Phi) is 4.15. The molecule has 1 aliphatic rings. The SMILES string of the molecule is Cc1cccc(OCCC(=O)C2CCOC2)c1. The Morgan fingerprint density at radius 1 is 1.53 bits per heavy atom. The van der Waals surface area contributed by atoms with E-state index >= 15 is 0 Å². The van der Waals surface area contributed by atoms with E-state index in [0.717, 1.165) is 24.3 Å². The van der Waals surface area contributed by atoms with Crippen molar-refractivity contribution in [3.05, 3.63) is 29.8 Å². The van der Waals surface area contributed by atoms with Crippen molar-refractivity contribution in [3.63, 3.8) is 0 Å². The lowest BCUT2D eigenvalue weighted by Gasteiger charge is -2.08. The van der Waals surface area contributed by atoms with Crippen LogP contribution in [0.15, 0.2) is 24.3 Å². The minimum Gasteiger partial charge on any atom is -0.493 e. The molecule has 3 nitrogen and oxygen atoms in total. The van der Waals surface area contributed by atoms with Crippen molar-refractivity contribution >= 4 is 5.78 Å². The third kappa shape index (κ3) is 3.56. The van der Waals surface area contributed by atoms with Gasteiger partial charge in [0.2, 0.25) is 0 Å². The zero-order valence-corrected chi connectivity index (χ0v) is 10.1. The first-order valence-corrected chi connectivity index (χ1v) is 6.05. The van der Waals surface area contributed by atoms with Gasteiger partial charge in [-0.25, -0.2) is 0 Å².